The largest absolute Gasteiger partial charge is 0.361 e. The Hall–Kier alpha value is -1.91. The Morgan fingerprint density at radius 2 is 1.76 bits per heavy atom. The van der Waals surface area contributed by atoms with E-state index >= 15 is 0 Å². The molecule has 21 heavy (non-hydrogen) atoms. The summed E-state index contributed by atoms with van der Waals surface area (Å²) in [6.45, 7) is 5.56. The highest BCUT2D eigenvalue weighted by Crippen LogP contribution is 2.53. The van der Waals surface area contributed by atoms with Crippen molar-refractivity contribution in [3.8, 4) is 0 Å². The standard InChI is InChI=1S/C16H18N2O3/c1-7-12(9(3)21-17-7)8(2)18-15(19)13-10-4-5-11(6-10)14(13)16(18)20/h4-5,8,10-11,13-14H,6H2,1-3H3. The van der Waals surface area contributed by atoms with Crippen molar-refractivity contribution in [1.82, 2.24) is 10.1 Å². The molecule has 5 nitrogen and oxygen atoms in total. The summed E-state index contributed by atoms with van der Waals surface area (Å²) in [5.41, 5.74) is 1.61. The molecule has 5 atom stereocenters. The molecule has 1 aromatic heterocycles. The normalized spacial score (nSPS) is 34.9. The van der Waals surface area contributed by atoms with Gasteiger partial charge in [-0.3, -0.25) is 14.5 Å². The van der Waals surface area contributed by atoms with Gasteiger partial charge in [0.1, 0.15) is 5.76 Å². The first-order valence-electron chi connectivity index (χ1n) is 7.48. The van der Waals surface area contributed by atoms with E-state index in [0.717, 1.165) is 17.7 Å². The van der Waals surface area contributed by atoms with Crippen molar-refractivity contribution >= 4 is 11.8 Å². The lowest BCUT2D eigenvalue weighted by Gasteiger charge is -2.24. The molecule has 2 heterocycles. The minimum atomic E-state index is -0.304. The van der Waals surface area contributed by atoms with E-state index in [2.05, 4.69) is 17.3 Å². The second-order valence-corrected chi connectivity index (χ2v) is 6.46. The van der Waals surface area contributed by atoms with Gasteiger partial charge in [-0.1, -0.05) is 17.3 Å². The number of hydrogen-bond acceptors (Lipinski definition) is 4. The molecule has 2 amide bonds. The maximum Gasteiger partial charge on any atom is 0.234 e. The van der Waals surface area contributed by atoms with E-state index in [0.29, 0.717) is 5.76 Å². The van der Waals surface area contributed by atoms with Gasteiger partial charge in [0.2, 0.25) is 11.8 Å². The number of carbonyl (C=O) groups is 2. The Kier molecular flexibility index (Phi) is 2.47. The molecule has 0 aromatic carbocycles. The van der Waals surface area contributed by atoms with Gasteiger partial charge >= 0.3 is 0 Å². The molecule has 2 fully saturated rings. The third-order valence-corrected chi connectivity index (χ3v) is 5.40. The highest BCUT2D eigenvalue weighted by molar-refractivity contribution is 6.06. The first kappa shape index (κ1) is 12.8. The minimum absolute atomic E-state index is 0.0191. The molecular weight excluding hydrogens is 268 g/mol. The van der Waals surface area contributed by atoms with Gasteiger partial charge in [0.15, 0.2) is 0 Å². The lowest BCUT2D eigenvalue weighted by molar-refractivity contribution is -0.143. The summed E-state index contributed by atoms with van der Waals surface area (Å²) >= 11 is 0. The zero-order valence-corrected chi connectivity index (χ0v) is 12.4. The Balaban J connectivity index is 1.71. The number of allylic oxidation sites excluding steroid dienone is 2. The molecule has 4 rings (SSSR count). The Labute approximate surface area is 123 Å². The van der Waals surface area contributed by atoms with Crippen molar-refractivity contribution in [1.29, 1.82) is 0 Å². The van der Waals surface area contributed by atoms with Gasteiger partial charge in [0.25, 0.3) is 0 Å². The average Bonchev–Trinajstić information content (AvgIpc) is 3.16. The quantitative estimate of drug-likeness (QED) is 0.617. The van der Waals surface area contributed by atoms with Crippen LogP contribution in [0.3, 0.4) is 0 Å². The highest BCUT2D eigenvalue weighted by atomic mass is 16.5. The molecule has 3 aliphatic rings. The molecule has 1 saturated carbocycles. The maximum atomic E-state index is 12.8. The van der Waals surface area contributed by atoms with Crippen LogP contribution in [0.5, 0.6) is 0 Å². The number of aromatic nitrogens is 1. The summed E-state index contributed by atoms with van der Waals surface area (Å²) in [7, 11) is 0. The molecule has 1 aromatic rings. The van der Waals surface area contributed by atoms with Crippen LogP contribution < -0.4 is 0 Å². The predicted octanol–water partition coefficient (Wildman–Crippen LogP) is 2.16. The zero-order chi connectivity index (χ0) is 14.9. The summed E-state index contributed by atoms with van der Waals surface area (Å²) < 4.78 is 5.18. The van der Waals surface area contributed by atoms with E-state index in [1.807, 2.05) is 20.8 Å². The van der Waals surface area contributed by atoms with Gasteiger partial charge in [-0.15, -0.1) is 0 Å². The Morgan fingerprint density at radius 3 is 2.24 bits per heavy atom. The number of carbonyl (C=O) groups excluding carboxylic acids is 2. The van der Waals surface area contributed by atoms with Crippen LogP contribution in [0.2, 0.25) is 0 Å². The summed E-state index contributed by atoms with van der Waals surface area (Å²) in [4.78, 5) is 27.0. The highest BCUT2D eigenvalue weighted by Gasteiger charge is 2.60. The van der Waals surface area contributed by atoms with Crippen molar-refractivity contribution < 1.29 is 14.1 Å². The molecule has 5 heteroatoms. The van der Waals surface area contributed by atoms with E-state index in [1.165, 1.54) is 4.90 Å². The predicted molar refractivity (Wildman–Crippen MR) is 74.0 cm³/mol. The Bertz CT molecular complexity index is 626. The Morgan fingerprint density at radius 1 is 1.19 bits per heavy atom. The first-order chi connectivity index (χ1) is 10.0. The number of nitrogens with zero attached hydrogens (tertiary/aromatic N) is 2. The number of fused-ring (bicyclic) bond motifs is 5. The van der Waals surface area contributed by atoms with Crippen molar-refractivity contribution in [3.05, 3.63) is 29.2 Å². The van der Waals surface area contributed by atoms with Crippen LogP contribution >= 0.6 is 0 Å². The molecule has 5 unspecified atom stereocenters. The molecule has 0 radical (unpaired) electrons. The van der Waals surface area contributed by atoms with E-state index in [-0.39, 0.29) is 41.5 Å². The van der Waals surface area contributed by atoms with Crippen molar-refractivity contribution in [2.75, 3.05) is 0 Å². The lowest BCUT2D eigenvalue weighted by Crippen LogP contribution is -2.35. The number of aryl methyl sites for hydroxylation is 2. The molecule has 2 bridgehead atoms. The van der Waals surface area contributed by atoms with Crippen LogP contribution in [0.25, 0.3) is 0 Å². The molecule has 2 aliphatic carbocycles. The number of likely N-dealkylation sites (tertiary alicyclic amines) is 1. The van der Waals surface area contributed by atoms with Crippen LogP contribution in [0.4, 0.5) is 0 Å². The van der Waals surface area contributed by atoms with Crippen LogP contribution in [0.15, 0.2) is 16.7 Å². The number of rotatable bonds is 2. The fraction of sp³-hybridized carbons (Fsp3) is 0.562. The fourth-order valence-electron chi connectivity index (χ4n) is 4.52. The molecule has 0 spiro atoms. The van der Waals surface area contributed by atoms with Crippen LogP contribution in [0.1, 0.15) is 36.4 Å². The number of amides is 2. The minimum Gasteiger partial charge on any atom is -0.361 e. The van der Waals surface area contributed by atoms with Gasteiger partial charge in [0.05, 0.1) is 23.6 Å². The van der Waals surface area contributed by atoms with Gasteiger partial charge in [0, 0.05) is 5.56 Å². The van der Waals surface area contributed by atoms with Crippen LogP contribution in [-0.2, 0) is 9.59 Å². The molecule has 1 aliphatic heterocycles. The number of imide groups is 1. The van der Waals surface area contributed by atoms with Gasteiger partial charge in [-0.25, -0.2) is 0 Å². The second-order valence-electron chi connectivity index (χ2n) is 6.46. The van der Waals surface area contributed by atoms with E-state index in [1.54, 1.807) is 0 Å². The monoisotopic (exact) mass is 286 g/mol. The smallest absolute Gasteiger partial charge is 0.234 e. The van der Waals surface area contributed by atoms with Crippen molar-refractivity contribution in [3.63, 3.8) is 0 Å². The fourth-order valence-corrected chi connectivity index (χ4v) is 4.52. The molecule has 0 N–H and O–H groups in total. The molecular formula is C16H18N2O3. The van der Waals surface area contributed by atoms with Crippen molar-refractivity contribution in [2.24, 2.45) is 23.7 Å². The third kappa shape index (κ3) is 1.49. The topological polar surface area (TPSA) is 63.4 Å². The first-order valence-corrected chi connectivity index (χ1v) is 7.48. The summed E-state index contributed by atoms with van der Waals surface area (Å²) in [5.74, 6) is 0.852. The maximum absolute atomic E-state index is 12.8. The van der Waals surface area contributed by atoms with Crippen molar-refractivity contribution in [2.45, 2.75) is 33.2 Å². The average molecular weight is 286 g/mol. The molecule has 1 saturated heterocycles. The van der Waals surface area contributed by atoms with E-state index in [4.69, 9.17) is 4.52 Å². The summed E-state index contributed by atoms with van der Waals surface area (Å²) in [5, 5.41) is 3.94. The van der Waals surface area contributed by atoms with Crippen LogP contribution in [-0.4, -0.2) is 21.9 Å². The SMILES string of the molecule is Cc1noc(C)c1C(C)N1C(=O)C2C3C=CC(C3)C2C1=O. The second kappa shape index (κ2) is 4.06. The van der Waals surface area contributed by atoms with E-state index in [9.17, 15) is 9.59 Å². The zero-order valence-electron chi connectivity index (χ0n) is 12.4. The number of hydrogen-bond donors (Lipinski definition) is 0. The van der Waals surface area contributed by atoms with Crippen LogP contribution in [0, 0.1) is 37.5 Å². The lowest BCUT2D eigenvalue weighted by atomic mass is 9.85. The van der Waals surface area contributed by atoms with E-state index < -0.39 is 0 Å². The van der Waals surface area contributed by atoms with Gasteiger partial charge in [-0.05, 0) is 39.0 Å². The third-order valence-electron chi connectivity index (χ3n) is 5.40. The summed E-state index contributed by atoms with van der Waals surface area (Å²) in [6.07, 6.45) is 5.18. The molecule has 110 valence electrons. The summed E-state index contributed by atoms with van der Waals surface area (Å²) in [6, 6.07) is -0.304. The van der Waals surface area contributed by atoms with Gasteiger partial charge in [-0.2, -0.15) is 0 Å². The van der Waals surface area contributed by atoms with Gasteiger partial charge < -0.3 is 4.52 Å².